The number of rotatable bonds is 3. The number of benzene rings is 2. The van der Waals surface area contributed by atoms with E-state index >= 15 is 0 Å². The first kappa shape index (κ1) is 14.8. The SMILES string of the molecule is CC1(C)CCC(NCc2cccc(Br)c2)c2ccccc21. The van der Waals surface area contributed by atoms with Crippen LogP contribution in [-0.4, -0.2) is 0 Å². The first-order valence-corrected chi connectivity index (χ1v) is 8.43. The Balaban J connectivity index is 1.78. The fourth-order valence-corrected chi connectivity index (χ4v) is 3.76. The molecule has 0 bridgehead atoms. The first-order chi connectivity index (χ1) is 10.1. The fraction of sp³-hybridized carbons (Fsp3) is 0.368. The molecule has 1 unspecified atom stereocenters. The Hall–Kier alpha value is -1.12. The lowest BCUT2D eigenvalue weighted by atomic mass is 9.71. The molecule has 21 heavy (non-hydrogen) atoms. The molecule has 110 valence electrons. The highest BCUT2D eigenvalue weighted by Gasteiger charge is 2.31. The van der Waals surface area contributed by atoms with E-state index in [0.29, 0.717) is 11.5 Å². The molecule has 0 amide bonds. The molecule has 2 aromatic rings. The van der Waals surface area contributed by atoms with Crippen LogP contribution in [0.2, 0.25) is 0 Å². The maximum atomic E-state index is 3.74. The molecule has 1 nitrogen and oxygen atoms in total. The van der Waals surface area contributed by atoms with Gasteiger partial charge in [0.2, 0.25) is 0 Å². The van der Waals surface area contributed by atoms with Gasteiger partial charge in [-0.3, -0.25) is 0 Å². The predicted octanol–water partition coefficient (Wildman–Crippen LogP) is 5.35. The van der Waals surface area contributed by atoms with E-state index in [1.807, 2.05) is 0 Å². The molecule has 1 aliphatic carbocycles. The second kappa shape index (κ2) is 5.94. The number of halogens is 1. The molecule has 1 atom stereocenters. The van der Waals surface area contributed by atoms with Gasteiger partial charge in [0, 0.05) is 17.1 Å². The van der Waals surface area contributed by atoms with Crippen LogP contribution in [0.3, 0.4) is 0 Å². The van der Waals surface area contributed by atoms with Crippen molar-refractivity contribution in [3.8, 4) is 0 Å². The highest BCUT2D eigenvalue weighted by molar-refractivity contribution is 9.10. The molecule has 0 saturated carbocycles. The van der Waals surface area contributed by atoms with E-state index in [1.54, 1.807) is 0 Å². The van der Waals surface area contributed by atoms with E-state index in [-0.39, 0.29) is 0 Å². The summed E-state index contributed by atoms with van der Waals surface area (Å²) in [6, 6.07) is 17.9. The van der Waals surface area contributed by atoms with E-state index in [2.05, 4.69) is 83.6 Å². The van der Waals surface area contributed by atoms with E-state index in [9.17, 15) is 0 Å². The summed E-state index contributed by atoms with van der Waals surface area (Å²) in [4.78, 5) is 0. The number of hydrogen-bond donors (Lipinski definition) is 1. The van der Waals surface area contributed by atoms with Crippen molar-refractivity contribution in [1.82, 2.24) is 5.32 Å². The van der Waals surface area contributed by atoms with E-state index < -0.39 is 0 Å². The van der Waals surface area contributed by atoms with Gasteiger partial charge in [-0.05, 0) is 47.1 Å². The van der Waals surface area contributed by atoms with Gasteiger partial charge in [0.05, 0.1) is 0 Å². The van der Waals surface area contributed by atoms with Gasteiger partial charge in [-0.1, -0.05) is 66.2 Å². The number of hydrogen-bond acceptors (Lipinski definition) is 1. The minimum atomic E-state index is 0.296. The molecular formula is C19H22BrN. The van der Waals surface area contributed by atoms with Crippen LogP contribution < -0.4 is 5.32 Å². The summed E-state index contributed by atoms with van der Waals surface area (Å²) in [6.45, 7) is 5.63. The van der Waals surface area contributed by atoms with Gasteiger partial charge in [0.25, 0.3) is 0 Å². The van der Waals surface area contributed by atoms with Crippen LogP contribution >= 0.6 is 15.9 Å². The molecule has 0 saturated heterocycles. The van der Waals surface area contributed by atoms with Crippen molar-refractivity contribution in [2.45, 2.75) is 44.7 Å². The monoisotopic (exact) mass is 343 g/mol. The van der Waals surface area contributed by atoms with Gasteiger partial charge in [0.1, 0.15) is 0 Å². The van der Waals surface area contributed by atoms with Gasteiger partial charge in [-0.2, -0.15) is 0 Å². The highest BCUT2D eigenvalue weighted by Crippen LogP contribution is 2.41. The Morgan fingerprint density at radius 3 is 2.76 bits per heavy atom. The van der Waals surface area contributed by atoms with Crippen LogP contribution in [-0.2, 0) is 12.0 Å². The second-order valence-electron chi connectivity index (χ2n) is 6.57. The van der Waals surface area contributed by atoms with Gasteiger partial charge >= 0.3 is 0 Å². The molecule has 0 heterocycles. The molecule has 2 heteroatoms. The molecule has 1 N–H and O–H groups in total. The topological polar surface area (TPSA) is 12.0 Å². The zero-order valence-electron chi connectivity index (χ0n) is 12.7. The average molecular weight is 344 g/mol. The van der Waals surface area contributed by atoms with Crippen molar-refractivity contribution < 1.29 is 0 Å². The average Bonchev–Trinajstić information content (AvgIpc) is 2.47. The quantitative estimate of drug-likeness (QED) is 0.791. The summed E-state index contributed by atoms with van der Waals surface area (Å²) in [7, 11) is 0. The lowest BCUT2D eigenvalue weighted by Crippen LogP contribution is -2.32. The van der Waals surface area contributed by atoms with Gasteiger partial charge < -0.3 is 5.32 Å². The predicted molar refractivity (Wildman–Crippen MR) is 92.4 cm³/mol. The summed E-state index contributed by atoms with van der Waals surface area (Å²) in [6.07, 6.45) is 2.44. The van der Waals surface area contributed by atoms with Crippen molar-refractivity contribution in [3.05, 3.63) is 69.7 Å². The Labute approximate surface area is 135 Å². The van der Waals surface area contributed by atoms with E-state index in [4.69, 9.17) is 0 Å². The molecule has 0 fully saturated rings. The molecular weight excluding hydrogens is 322 g/mol. The normalized spacial score (nSPS) is 20.0. The van der Waals surface area contributed by atoms with Crippen LogP contribution in [0.25, 0.3) is 0 Å². The zero-order chi connectivity index (χ0) is 14.9. The highest BCUT2D eigenvalue weighted by atomic mass is 79.9. The maximum absolute atomic E-state index is 3.74. The van der Waals surface area contributed by atoms with Crippen molar-refractivity contribution in [1.29, 1.82) is 0 Å². The van der Waals surface area contributed by atoms with Crippen molar-refractivity contribution >= 4 is 15.9 Å². The van der Waals surface area contributed by atoms with Crippen molar-refractivity contribution in [3.63, 3.8) is 0 Å². The third-order valence-corrected chi connectivity index (χ3v) is 5.06. The van der Waals surface area contributed by atoms with Crippen LogP contribution in [0.15, 0.2) is 53.0 Å². The summed E-state index contributed by atoms with van der Waals surface area (Å²) in [5.74, 6) is 0. The maximum Gasteiger partial charge on any atom is 0.0326 e. The van der Waals surface area contributed by atoms with E-state index in [1.165, 1.54) is 29.5 Å². The first-order valence-electron chi connectivity index (χ1n) is 7.63. The number of nitrogens with one attached hydrogen (secondary N) is 1. The summed E-state index contributed by atoms with van der Waals surface area (Å²) < 4.78 is 1.15. The minimum Gasteiger partial charge on any atom is -0.306 e. The van der Waals surface area contributed by atoms with Crippen LogP contribution in [0.1, 0.15) is 49.4 Å². The Morgan fingerprint density at radius 2 is 1.95 bits per heavy atom. The fourth-order valence-electron chi connectivity index (χ4n) is 3.31. The molecule has 3 rings (SSSR count). The third-order valence-electron chi connectivity index (χ3n) is 4.56. The smallest absolute Gasteiger partial charge is 0.0326 e. The van der Waals surface area contributed by atoms with Gasteiger partial charge in [-0.25, -0.2) is 0 Å². The molecule has 0 spiro atoms. The second-order valence-corrected chi connectivity index (χ2v) is 7.49. The van der Waals surface area contributed by atoms with Crippen LogP contribution in [0.5, 0.6) is 0 Å². The lowest BCUT2D eigenvalue weighted by molar-refractivity contribution is 0.357. The Morgan fingerprint density at radius 1 is 1.14 bits per heavy atom. The molecule has 1 aliphatic rings. The summed E-state index contributed by atoms with van der Waals surface area (Å²) in [5, 5.41) is 3.74. The molecule has 0 radical (unpaired) electrons. The standard InChI is InChI=1S/C19H22BrN/c1-19(2)11-10-18(16-8-3-4-9-17(16)19)21-13-14-6-5-7-15(20)12-14/h3-9,12,18,21H,10-11,13H2,1-2H3. The van der Waals surface area contributed by atoms with Crippen molar-refractivity contribution in [2.75, 3.05) is 0 Å². The summed E-state index contributed by atoms with van der Waals surface area (Å²) in [5.41, 5.74) is 4.60. The van der Waals surface area contributed by atoms with E-state index in [0.717, 1.165) is 11.0 Å². The van der Waals surface area contributed by atoms with Gasteiger partial charge in [-0.15, -0.1) is 0 Å². The molecule has 0 aliphatic heterocycles. The lowest BCUT2D eigenvalue weighted by Gasteiger charge is -2.37. The Bertz CT molecular complexity index is 633. The zero-order valence-corrected chi connectivity index (χ0v) is 14.3. The number of fused-ring (bicyclic) bond motifs is 1. The summed E-state index contributed by atoms with van der Waals surface area (Å²) >= 11 is 3.54. The van der Waals surface area contributed by atoms with Crippen LogP contribution in [0, 0.1) is 0 Å². The molecule has 0 aromatic heterocycles. The Kier molecular flexibility index (Phi) is 4.19. The van der Waals surface area contributed by atoms with Crippen LogP contribution in [0.4, 0.5) is 0 Å². The van der Waals surface area contributed by atoms with Crippen molar-refractivity contribution in [2.24, 2.45) is 0 Å². The third kappa shape index (κ3) is 3.22. The molecule has 2 aromatic carbocycles. The van der Waals surface area contributed by atoms with Gasteiger partial charge in [0.15, 0.2) is 0 Å². The largest absolute Gasteiger partial charge is 0.306 e. The minimum absolute atomic E-state index is 0.296.